The van der Waals surface area contributed by atoms with Crippen LogP contribution < -0.4 is 0 Å². The maximum Gasteiger partial charge on any atom is 0.125 e. The molecule has 46 valence electrons. The quantitative estimate of drug-likeness (QED) is 0.399. The van der Waals surface area contributed by atoms with Crippen molar-refractivity contribution in [2.24, 2.45) is 5.92 Å². The molecule has 0 spiro atoms. The maximum atomic E-state index is 5.71. The first-order chi connectivity index (χ1) is 3.54. The van der Waals surface area contributed by atoms with Crippen LogP contribution in [-0.4, -0.2) is 4.33 Å². The van der Waals surface area contributed by atoms with E-state index in [0.717, 1.165) is 12.0 Å². The molecule has 0 heterocycles. The van der Waals surface area contributed by atoms with E-state index in [1.807, 2.05) is 6.92 Å². The zero-order valence-electron chi connectivity index (χ0n) is 4.75. The van der Waals surface area contributed by atoms with Crippen molar-refractivity contribution in [3.05, 3.63) is 12.2 Å². The maximum absolute atomic E-state index is 5.71. The summed E-state index contributed by atoms with van der Waals surface area (Å²) in [5, 5.41) is 0. The van der Waals surface area contributed by atoms with Gasteiger partial charge < -0.3 is 0 Å². The van der Waals surface area contributed by atoms with Gasteiger partial charge in [-0.3, -0.25) is 0 Å². The Kier molecular flexibility index (Phi) is 1.33. The molecule has 0 aromatic heterocycles. The predicted molar refractivity (Wildman–Crippen MR) is 37.4 cm³/mol. The van der Waals surface area contributed by atoms with Crippen LogP contribution in [0.2, 0.25) is 0 Å². The number of hydrogen-bond donors (Lipinski definition) is 0. The van der Waals surface area contributed by atoms with E-state index in [1.54, 1.807) is 0 Å². The van der Waals surface area contributed by atoms with Crippen molar-refractivity contribution in [2.45, 2.75) is 17.7 Å². The highest BCUT2D eigenvalue weighted by Crippen LogP contribution is 2.56. The van der Waals surface area contributed by atoms with Gasteiger partial charge in [-0.2, -0.15) is 0 Å². The first kappa shape index (κ1) is 6.44. The molecule has 0 saturated heterocycles. The monoisotopic (exact) mass is 150 g/mol. The highest BCUT2D eigenvalue weighted by Gasteiger charge is 2.51. The summed E-state index contributed by atoms with van der Waals surface area (Å²) in [5.41, 5.74) is 1.09. The SMILES string of the molecule is C=C(C)C1CC1(Cl)Cl. The van der Waals surface area contributed by atoms with E-state index < -0.39 is 4.33 Å². The summed E-state index contributed by atoms with van der Waals surface area (Å²) in [4.78, 5) is 0. The Labute approximate surface area is 59.5 Å². The lowest BCUT2D eigenvalue weighted by atomic mass is 10.2. The fraction of sp³-hybridized carbons (Fsp3) is 0.667. The summed E-state index contributed by atoms with van der Waals surface area (Å²) in [7, 11) is 0. The van der Waals surface area contributed by atoms with Crippen molar-refractivity contribution < 1.29 is 0 Å². The number of allylic oxidation sites excluding steroid dienone is 1. The zero-order chi connectivity index (χ0) is 6.36. The van der Waals surface area contributed by atoms with Gasteiger partial charge >= 0.3 is 0 Å². The van der Waals surface area contributed by atoms with Crippen LogP contribution in [0.15, 0.2) is 12.2 Å². The Morgan fingerprint density at radius 3 is 2.12 bits per heavy atom. The van der Waals surface area contributed by atoms with E-state index in [0.29, 0.717) is 5.92 Å². The molecule has 0 aliphatic heterocycles. The van der Waals surface area contributed by atoms with Gasteiger partial charge in [0.2, 0.25) is 0 Å². The van der Waals surface area contributed by atoms with Gasteiger partial charge in [0.1, 0.15) is 4.33 Å². The lowest BCUT2D eigenvalue weighted by Crippen LogP contribution is -1.88. The Hall–Kier alpha value is 0.320. The smallest absolute Gasteiger partial charge is 0.101 e. The van der Waals surface area contributed by atoms with Crippen LogP contribution >= 0.6 is 23.2 Å². The fourth-order valence-corrected chi connectivity index (χ4v) is 1.43. The highest BCUT2D eigenvalue weighted by molar-refractivity contribution is 6.51. The second kappa shape index (κ2) is 1.65. The zero-order valence-corrected chi connectivity index (χ0v) is 6.26. The molecule has 1 atom stereocenters. The summed E-state index contributed by atoms with van der Waals surface area (Å²) in [6, 6.07) is 0. The molecule has 0 amide bonds. The van der Waals surface area contributed by atoms with Crippen LogP contribution in [0.1, 0.15) is 13.3 Å². The van der Waals surface area contributed by atoms with Gasteiger partial charge in [0.15, 0.2) is 0 Å². The minimum absolute atomic E-state index is 0.353. The molecule has 1 fully saturated rings. The van der Waals surface area contributed by atoms with E-state index in [1.165, 1.54) is 0 Å². The molecule has 0 radical (unpaired) electrons. The molecule has 1 aliphatic carbocycles. The van der Waals surface area contributed by atoms with Crippen LogP contribution in [0.25, 0.3) is 0 Å². The van der Waals surface area contributed by atoms with Gasteiger partial charge in [-0.05, 0) is 13.3 Å². The predicted octanol–water partition coefficient (Wildman–Crippen LogP) is 2.76. The molecule has 8 heavy (non-hydrogen) atoms. The summed E-state index contributed by atoms with van der Waals surface area (Å²) >= 11 is 11.4. The highest BCUT2D eigenvalue weighted by atomic mass is 35.5. The van der Waals surface area contributed by atoms with Gasteiger partial charge in [0.25, 0.3) is 0 Å². The second-order valence-corrected chi connectivity index (χ2v) is 3.91. The first-order valence-corrected chi connectivity index (χ1v) is 3.33. The van der Waals surface area contributed by atoms with Gasteiger partial charge in [-0.15, -0.1) is 23.2 Å². The topological polar surface area (TPSA) is 0 Å². The minimum Gasteiger partial charge on any atom is -0.101 e. The third-order valence-electron chi connectivity index (χ3n) is 1.42. The van der Waals surface area contributed by atoms with Crippen molar-refractivity contribution in [1.29, 1.82) is 0 Å². The summed E-state index contributed by atoms with van der Waals surface area (Å²) < 4.78 is -0.466. The molecular weight excluding hydrogens is 143 g/mol. The fourth-order valence-electron chi connectivity index (χ4n) is 0.748. The lowest BCUT2D eigenvalue weighted by molar-refractivity contribution is 0.996. The average Bonchev–Trinajstić information content (AvgIpc) is 2.13. The first-order valence-electron chi connectivity index (χ1n) is 2.57. The van der Waals surface area contributed by atoms with Crippen molar-refractivity contribution in [1.82, 2.24) is 0 Å². The van der Waals surface area contributed by atoms with Crippen molar-refractivity contribution >= 4 is 23.2 Å². The molecule has 0 aromatic rings. The molecule has 2 heteroatoms. The normalized spacial score (nSPS) is 32.1. The lowest BCUT2D eigenvalue weighted by Gasteiger charge is -1.94. The second-order valence-electron chi connectivity index (χ2n) is 2.36. The molecular formula is C6H8Cl2. The number of halogens is 2. The largest absolute Gasteiger partial charge is 0.125 e. The van der Waals surface area contributed by atoms with Gasteiger partial charge in [0, 0.05) is 5.92 Å². The molecule has 1 unspecified atom stereocenters. The van der Waals surface area contributed by atoms with Crippen LogP contribution in [0.5, 0.6) is 0 Å². The number of rotatable bonds is 1. The van der Waals surface area contributed by atoms with Crippen LogP contribution in [0, 0.1) is 5.92 Å². The molecule has 0 aromatic carbocycles. The molecule has 1 rings (SSSR count). The third kappa shape index (κ3) is 1.01. The van der Waals surface area contributed by atoms with E-state index in [9.17, 15) is 0 Å². The van der Waals surface area contributed by atoms with Gasteiger partial charge in [-0.1, -0.05) is 12.2 Å². The van der Waals surface area contributed by atoms with Crippen molar-refractivity contribution in [3.63, 3.8) is 0 Å². The summed E-state index contributed by atoms with van der Waals surface area (Å²) in [6.45, 7) is 5.70. The van der Waals surface area contributed by atoms with E-state index >= 15 is 0 Å². The van der Waals surface area contributed by atoms with E-state index in [4.69, 9.17) is 23.2 Å². The van der Waals surface area contributed by atoms with Crippen molar-refractivity contribution in [2.75, 3.05) is 0 Å². The third-order valence-corrected chi connectivity index (χ3v) is 2.26. The molecule has 1 aliphatic rings. The van der Waals surface area contributed by atoms with E-state index in [-0.39, 0.29) is 0 Å². The molecule has 0 bridgehead atoms. The number of alkyl halides is 2. The van der Waals surface area contributed by atoms with E-state index in [2.05, 4.69) is 6.58 Å². The standard InChI is InChI=1S/C6H8Cl2/c1-4(2)5-3-6(5,7)8/h5H,1,3H2,2H3. The van der Waals surface area contributed by atoms with Crippen LogP contribution in [0.3, 0.4) is 0 Å². The van der Waals surface area contributed by atoms with Gasteiger partial charge in [0.05, 0.1) is 0 Å². The van der Waals surface area contributed by atoms with Crippen molar-refractivity contribution in [3.8, 4) is 0 Å². The Balaban J connectivity index is 2.48. The average molecular weight is 151 g/mol. The molecule has 0 nitrogen and oxygen atoms in total. The summed E-state index contributed by atoms with van der Waals surface area (Å²) in [6.07, 6.45) is 0.880. The molecule has 1 saturated carbocycles. The Morgan fingerprint density at radius 1 is 1.75 bits per heavy atom. The minimum atomic E-state index is -0.466. The Morgan fingerprint density at radius 2 is 2.12 bits per heavy atom. The van der Waals surface area contributed by atoms with Gasteiger partial charge in [-0.25, -0.2) is 0 Å². The molecule has 0 N–H and O–H groups in total. The van der Waals surface area contributed by atoms with Crippen LogP contribution in [0.4, 0.5) is 0 Å². The Bertz CT molecular complexity index is 126. The van der Waals surface area contributed by atoms with Crippen LogP contribution in [-0.2, 0) is 0 Å². The number of hydrogen-bond acceptors (Lipinski definition) is 0. The summed E-state index contributed by atoms with van der Waals surface area (Å²) in [5.74, 6) is 0.353.